The van der Waals surface area contributed by atoms with E-state index >= 15 is 0 Å². The summed E-state index contributed by atoms with van der Waals surface area (Å²) in [6, 6.07) is 4.18. The predicted octanol–water partition coefficient (Wildman–Crippen LogP) is 3.37. The molecule has 2 aromatic rings. The Hall–Kier alpha value is -0.710. The van der Waals surface area contributed by atoms with Gasteiger partial charge in [-0.3, -0.25) is 0 Å². The molecule has 0 atom stereocenters. The first-order valence-electron chi connectivity index (χ1n) is 5.09. The molecule has 80 valence electrons. The van der Waals surface area contributed by atoms with Crippen molar-refractivity contribution in [2.45, 2.75) is 19.9 Å². The van der Waals surface area contributed by atoms with Gasteiger partial charge in [-0.05, 0) is 24.4 Å². The first-order chi connectivity index (χ1) is 7.40. The van der Waals surface area contributed by atoms with Crippen LogP contribution in [0.1, 0.15) is 18.2 Å². The number of hydrogen-bond acceptors (Lipinski definition) is 4. The predicted molar refractivity (Wildman–Crippen MR) is 67.4 cm³/mol. The number of aromatic nitrogens is 1. The van der Waals surface area contributed by atoms with E-state index in [2.05, 4.69) is 34.7 Å². The lowest BCUT2D eigenvalue weighted by Crippen LogP contribution is -2.12. The molecule has 0 bridgehead atoms. The zero-order valence-corrected chi connectivity index (χ0v) is 10.3. The van der Waals surface area contributed by atoms with Gasteiger partial charge in [-0.1, -0.05) is 13.0 Å². The van der Waals surface area contributed by atoms with Gasteiger partial charge in [-0.2, -0.15) is 0 Å². The van der Waals surface area contributed by atoms with Gasteiger partial charge in [0.15, 0.2) is 0 Å². The van der Waals surface area contributed by atoms with Crippen LogP contribution in [-0.4, -0.2) is 11.5 Å². The minimum absolute atomic E-state index is 0.941. The summed E-state index contributed by atoms with van der Waals surface area (Å²) in [4.78, 5) is 7.00. The molecule has 2 rings (SSSR count). The van der Waals surface area contributed by atoms with Gasteiger partial charge in [-0.25, -0.2) is 4.98 Å². The highest BCUT2D eigenvalue weighted by Crippen LogP contribution is 2.28. The van der Waals surface area contributed by atoms with Gasteiger partial charge in [0.05, 0.1) is 4.88 Å². The molecular weight excluding hydrogens is 224 g/mol. The Morgan fingerprint density at radius 2 is 2.40 bits per heavy atom. The zero-order valence-electron chi connectivity index (χ0n) is 8.69. The fourth-order valence-corrected chi connectivity index (χ4v) is 2.98. The highest BCUT2D eigenvalue weighted by atomic mass is 32.1. The first-order valence-corrected chi connectivity index (χ1v) is 6.79. The molecule has 1 N–H and O–H groups in total. The second-order valence-corrected chi connectivity index (χ2v) is 5.35. The minimum atomic E-state index is 0.941. The standard InChI is InChI=1S/C11H14N2S2/c1-2-5-12-7-9-8-13-11(15-9)10-4-3-6-14-10/h3-4,6,8,12H,2,5,7H2,1H3. The molecule has 15 heavy (non-hydrogen) atoms. The van der Waals surface area contributed by atoms with Crippen molar-refractivity contribution in [1.82, 2.24) is 10.3 Å². The van der Waals surface area contributed by atoms with Crippen LogP contribution in [0.4, 0.5) is 0 Å². The SMILES string of the molecule is CCCNCc1cnc(-c2cccs2)s1. The monoisotopic (exact) mass is 238 g/mol. The van der Waals surface area contributed by atoms with E-state index in [1.54, 1.807) is 22.7 Å². The molecule has 0 saturated heterocycles. The van der Waals surface area contributed by atoms with Gasteiger partial charge in [0.2, 0.25) is 0 Å². The molecule has 0 aliphatic rings. The molecule has 0 aromatic carbocycles. The third-order valence-corrected chi connectivity index (χ3v) is 4.05. The Balaban J connectivity index is 1.98. The molecule has 0 aliphatic heterocycles. The van der Waals surface area contributed by atoms with E-state index in [0.29, 0.717) is 0 Å². The maximum atomic E-state index is 4.43. The molecule has 0 spiro atoms. The Morgan fingerprint density at radius 3 is 3.13 bits per heavy atom. The number of hydrogen-bond donors (Lipinski definition) is 1. The van der Waals surface area contributed by atoms with Crippen LogP contribution >= 0.6 is 22.7 Å². The highest BCUT2D eigenvalue weighted by molar-refractivity contribution is 7.20. The Labute approximate surface area is 98.0 Å². The third-order valence-electron chi connectivity index (χ3n) is 2.01. The minimum Gasteiger partial charge on any atom is -0.312 e. The van der Waals surface area contributed by atoms with Crippen molar-refractivity contribution >= 4 is 22.7 Å². The van der Waals surface area contributed by atoms with Crippen molar-refractivity contribution in [3.8, 4) is 9.88 Å². The van der Waals surface area contributed by atoms with Crippen molar-refractivity contribution in [3.63, 3.8) is 0 Å². The number of thiophene rings is 1. The lowest BCUT2D eigenvalue weighted by molar-refractivity contribution is 0.681. The van der Waals surface area contributed by atoms with Crippen molar-refractivity contribution in [2.24, 2.45) is 0 Å². The van der Waals surface area contributed by atoms with E-state index in [9.17, 15) is 0 Å². The Morgan fingerprint density at radius 1 is 1.47 bits per heavy atom. The fourth-order valence-electron chi connectivity index (χ4n) is 1.29. The first kappa shape index (κ1) is 10.8. The molecule has 2 aromatic heterocycles. The third kappa shape index (κ3) is 2.87. The molecule has 0 radical (unpaired) electrons. The van der Waals surface area contributed by atoms with E-state index in [1.807, 2.05) is 6.20 Å². The van der Waals surface area contributed by atoms with Crippen molar-refractivity contribution in [2.75, 3.05) is 6.54 Å². The summed E-state index contributed by atoms with van der Waals surface area (Å²) >= 11 is 3.52. The van der Waals surface area contributed by atoms with Crippen molar-refractivity contribution < 1.29 is 0 Å². The maximum absolute atomic E-state index is 4.43. The van der Waals surface area contributed by atoms with Gasteiger partial charge >= 0.3 is 0 Å². The molecule has 0 fully saturated rings. The number of nitrogens with zero attached hydrogens (tertiary/aromatic N) is 1. The summed E-state index contributed by atoms with van der Waals surface area (Å²) in [7, 11) is 0. The largest absolute Gasteiger partial charge is 0.312 e. The van der Waals surface area contributed by atoms with Crippen LogP contribution in [-0.2, 0) is 6.54 Å². The Kier molecular flexibility index (Phi) is 3.88. The molecule has 2 nitrogen and oxygen atoms in total. The number of thiazole rings is 1. The molecule has 4 heteroatoms. The van der Waals surface area contributed by atoms with Crippen LogP contribution in [0.2, 0.25) is 0 Å². The molecular formula is C11H14N2S2. The number of nitrogens with one attached hydrogen (secondary N) is 1. The Bertz CT molecular complexity index is 392. The number of rotatable bonds is 5. The van der Waals surface area contributed by atoms with E-state index in [4.69, 9.17) is 0 Å². The molecule has 0 unspecified atom stereocenters. The van der Waals surface area contributed by atoms with Crippen LogP contribution in [0.3, 0.4) is 0 Å². The molecule has 0 saturated carbocycles. The lowest BCUT2D eigenvalue weighted by Gasteiger charge is -1.97. The average Bonchev–Trinajstić information content (AvgIpc) is 2.87. The molecule has 0 amide bonds. The second-order valence-electron chi connectivity index (χ2n) is 3.29. The summed E-state index contributed by atoms with van der Waals surface area (Å²) < 4.78 is 0. The summed E-state index contributed by atoms with van der Waals surface area (Å²) in [5.74, 6) is 0. The van der Waals surface area contributed by atoms with E-state index in [0.717, 1.165) is 18.1 Å². The van der Waals surface area contributed by atoms with Gasteiger partial charge in [0.25, 0.3) is 0 Å². The van der Waals surface area contributed by atoms with E-state index < -0.39 is 0 Å². The molecule has 0 aliphatic carbocycles. The van der Waals surface area contributed by atoms with Crippen molar-refractivity contribution in [3.05, 3.63) is 28.6 Å². The zero-order chi connectivity index (χ0) is 10.5. The van der Waals surface area contributed by atoms with Crippen molar-refractivity contribution in [1.29, 1.82) is 0 Å². The van der Waals surface area contributed by atoms with Crippen LogP contribution < -0.4 is 5.32 Å². The topological polar surface area (TPSA) is 24.9 Å². The summed E-state index contributed by atoms with van der Waals surface area (Å²) in [5, 5.41) is 6.61. The molecule has 2 heterocycles. The smallest absolute Gasteiger partial charge is 0.133 e. The second kappa shape index (κ2) is 5.39. The van der Waals surface area contributed by atoms with Gasteiger partial charge in [-0.15, -0.1) is 22.7 Å². The van der Waals surface area contributed by atoms with E-state index in [-0.39, 0.29) is 0 Å². The summed E-state index contributed by atoms with van der Waals surface area (Å²) in [5.41, 5.74) is 0. The summed E-state index contributed by atoms with van der Waals surface area (Å²) in [6.45, 7) is 4.19. The van der Waals surface area contributed by atoms with E-state index in [1.165, 1.54) is 16.2 Å². The fraction of sp³-hybridized carbons (Fsp3) is 0.364. The van der Waals surface area contributed by atoms with Crippen LogP contribution in [0.15, 0.2) is 23.7 Å². The van der Waals surface area contributed by atoms with Gasteiger partial charge in [0, 0.05) is 17.6 Å². The van der Waals surface area contributed by atoms with Crippen LogP contribution in [0.5, 0.6) is 0 Å². The van der Waals surface area contributed by atoms with Gasteiger partial charge < -0.3 is 5.32 Å². The normalized spacial score (nSPS) is 10.7. The van der Waals surface area contributed by atoms with Crippen LogP contribution in [0, 0.1) is 0 Å². The lowest BCUT2D eigenvalue weighted by atomic mass is 10.4. The van der Waals surface area contributed by atoms with Gasteiger partial charge in [0.1, 0.15) is 5.01 Å². The summed E-state index contributed by atoms with van der Waals surface area (Å²) in [6.07, 6.45) is 3.15. The average molecular weight is 238 g/mol. The highest BCUT2D eigenvalue weighted by Gasteiger charge is 2.04. The quantitative estimate of drug-likeness (QED) is 0.808. The van der Waals surface area contributed by atoms with Crippen LogP contribution in [0.25, 0.3) is 9.88 Å². The maximum Gasteiger partial charge on any atom is 0.133 e.